The predicted molar refractivity (Wildman–Crippen MR) is 215 cm³/mol. The standard InChI is InChI=1S/C45H86O6/c1-5-7-9-11-13-15-16-17-18-19-21-24-28-32-36-43(46)49-39-42(51-45(48)38-34-30-25-20-14-12-10-8-6-2)40-50-44(47)37-33-29-26-22-23-27-31-35-41(3)4/h41-42H,5-40H2,1-4H3/t42-/m1/s1. The molecule has 0 aromatic carbocycles. The molecule has 0 N–H and O–H groups in total. The van der Waals surface area contributed by atoms with Crippen LogP contribution in [0.15, 0.2) is 0 Å². The maximum atomic E-state index is 12.6. The van der Waals surface area contributed by atoms with Crippen molar-refractivity contribution in [3.63, 3.8) is 0 Å². The first-order chi connectivity index (χ1) is 24.9. The Morgan fingerprint density at radius 1 is 0.373 bits per heavy atom. The van der Waals surface area contributed by atoms with E-state index in [1.165, 1.54) is 141 Å². The highest BCUT2D eigenvalue weighted by Crippen LogP contribution is 2.16. The van der Waals surface area contributed by atoms with Crippen LogP contribution in [0.4, 0.5) is 0 Å². The SMILES string of the molecule is CCCCCCCCCCCCCCCCC(=O)OC[C@H](COC(=O)CCCCCCCCCC(C)C)OC(=O)CCCCCCCCCCC. The molecule has 51 heavy (non-hydrogen) atoms. The Hall–Kier alpha value is -1.59. The van der Waals surface area contributed by atoms with Crippen LogP contribution >= 0.6 is 0 Å². The highest BCUT2D eigenvalue weighted by molar-refractivity contribution is 5.71. The molecule has 6 heteroatoms. The smallest absolute Gasteiger partial charge is 0.306 e. The zero-order chi connectivity index (χ0) is 37.5. The van der Waals surface area contributed by atoms with Crippen LogP contribution in [0.5, 0.6) is 0 Å². The van der Waals surface area contributed by atoms with Gasteiger partial charge < -0.3 is 14.2 Å². The minimum absolute atomic E-state index is 0.0645. The summed E-state index contributed by atoms with van der Waals surface area (Å²) in [6.45, 7) is 8.92. The molecule has 0 spiro atoms. The van der Waals surface area contributed by atoms with E-state index in [9.17, 15) is 14.4 Å². The zero-order valence-electron chi connectivity index (χ0n) is 34.6. The number of hydrogen-bond acceptors (Lipinski definition) is 6. The van der Waals surface area contributed by atoms with Crippen LogP contribution in [0, 0.1) is 5.92 Å². The average molecular weight is 723 g/mol. The Balaban J connectivity index is 4.29. The molecule has 0 aliphatic carbocycles. The molecule has 0 aromatic rings. The van der Waals surface area contributed by atoms with Crippen LogP contribution in [0.1, 0.15) is 246 Å². The summed E-state index contributed by atoms with van der Waals surface area (Å²) in [6.07, 6.45) is 38.1. The van der Waals surface area contributed by atoms with Gasteiger partial charge in [0.1, 0.15) is 13.2 Å². The Bertz CT molecular complexity index is 766. The molecule has 0 unspecified atom stereocenters. The molecule has 0 aliphatic rings. The van der Waals surface area contributed by atoms with Gasteiger partial charge in [-0.05, 0) is 25.2 Å². The lowest BCUT2D eigenvalue weighted by molar-refractivity contribution is -0.167. The summed E-state index contributed by atoms with van der Waals surface area (Å²) in [5.74, 6) is -0.0785. The second-order valence-electron chi connectivity index (χ2n) is 15.8. The first-order valence-corrected chi connectivity index (χ1v) is 22.4. The van der Waals surface area contributed by atoms with Crippen LogP contribution < -0.4 is 0 Å². The molecule has 0 bridgehead atoms. The molecule has 0 rings (SSSR count). The number of rotatable bonds is 40. The molecule has 0 saturated heterocycles. The lowest BCUT2D eigenvalue weighted by Gasteiger charge is -2.18. The van der Waals surface area contributed by atoms with Crippen molar-refractivity contribution >= 4 is 17.9 Å². The molecule has 302 valence electrons. The molecule has 6 nitrogen and oxygen atoms in total. The van der Waals surface area contributed by atoms with E-state index in [1.807, 2.05) is 0 Å². The van der Waals surface area contributed by atoms with E-state index < -0.39 is 6.10 Å². The van der Waals surface area contributed by atoms with Crippen LogP contribution in [0.25, 0.3) is 0 Å². The maximum absolute atomic E-state index is 12.6. The van der Waals surface area contributed by atoms with Crippen molar-refractivity contribution in [2.75, 3.05) is 13.2 Å². The van der Waals surface area contributed by atoms with E-state index >= 15 is 0 Å². The van der Waals surface area contributed by atoms with Gasteiger partial charge in [-0.15, -0.1) is 0 Å². The monoisotopic (exact) mass is 723 g/mol. The lowest BCUT2D eigenvalue weighted by Crippen LogP contribution is -2.30. The molecule has 0 fully saturated rings. The van der Waals surface area contributed by atoms with Crippen molar-refractivity contribution in [1.29, 1.82) is 0 Å². The van der Waals surface area contributed by atoms with Gasteiger partial charge in [0, 0.05) is 19.3 Å². The normalized spacial score (nSPS) is 11.9. The number of carbonyl (C=O) groups excluding carboxylic acids is 3. The van der Waals surface area contributed by atoms with Crippen LogP contribution in [-0.4, -0.2) is 37.2 Å². The summed E-state index contributed by atoms with van der Waals surface area (Å²) in [5, 5.41) is 0. The second kappa shape index (κ2) is 39.6. The molecule has 1 atom stereocenters. The lowest BCUT2D eigenvalue weighted by atomic mass is 10.0. The molecule has 0 radical (unpaired) electrons. The topological polar surface area (TPSA) is 78.9 Å². The fourth-order valence-electron chi connectivity index (χ4n) is 6.63. The van der Waals surface area contributed by atoms with Gasteiger partial charge in [0.25, 0.3) is 0 Å². The van der Waals surface area contributed by atoms with Crippen LogP contribution in [-0.2, 0) is 28.6 Å². The number of esters is 3. The molecule has 0 saturated carbocycles. The largest absolute Gasteiger partial charge is 0.462 e. The summed E-state index contributed by atoms with van der Waals surface area (Å²) in [6, 6.07) is 0. The summed E-state index contributed by atoms with van der Waals surface area (Å²) in [4.78, 5) is 37.6. The van der Waals surface area contributed by atoms with Gasteiger partial charge in [-0.3, -0.25) is 14.4 Å². The predicted octanol–water partition coefficient (Wildman–Crippen LogP) is 13.9. The van der Waals surface area contributed by atoms with Gasteiger partial charge in [0.05, 0.1) is 0 Å². The fourth-order valence-corrected chi connectivity index (χ4v) is 6.63. The Morgan fingerprint density at radius 2 is 0.647 bits per heavy atom. The van der Waals surface area contributed by atoms with Gasteiger partial charge in [0.15, 0.2) is 6.10 Å². The molecule has 0 aliphatic heterocycles. The minimum atomic E-state index is -0.758. The first kappa shape index (κ1) is 49.4. The fraction of sp³-hybridized carbons (Fsp3) is 0.933. The summed E-state index contributed by atoms with van der Waals surface area (Å²) < 4.78 is 16.7. The van der Waals surface area contributed by atoms with Crippen molar-refractivity contribution in [3.05, 3.63) is 0 Å². The summed E-state index contributed by atoms with van der Waals surface area (Å²) in [7, 11) is 0. The molecular formula is C45H86O6. The highest BCUT2D eigenvalue weighted by Gasteiger charge is 2.19. The Labute approximate surface area is 317 Å². The highest BCUT2D eigenvalue weighted by atomic mass is 16.6. The Kier molecular flexibility index (Phi) is 38.4. The van der Waals surface area contributed by atoms with E-state index in [4.69, 9.17) is 14.2 Å². The van der Waals surface area contributed by atoms with E-state index in [0.29, 0.717) is 19.3 Å². The second-order valence-corrected chi connectivity index (χ2v) is 15.8. The first-order valence-electron chi connectivity index (χ1n) is 22.4. The van der Waals surface area contributed by atoms with E-state index in [-0.39, 0.29) is 31.1 Å². The third-order valence-electron chi connectivity index (χ3n) is 10.0. The van der Waals surface area contributed by atoms with Gasteiger partial charge in [-0.1, -0.05) is 207 Å². The van der Waals surface area contributed by atoms with Crippen molar-refractivity contribution in [2.24, 2.45) is 5.92 Å². The van der Waals surface area contributed by atoms with Crippen molar-refractivity contribution in [3.8, 4) is 0 Å². The molecular weight excluding hydrogens is 636 g/mol. The zero-order valence-corrected chi connectivity index (χ0v) is 34.6. The van der Waals surface area contributed by atoms with Gasteiger partial charge >= 0.3 is 17.9 Å². The summed E-state index contributed by atoms with van der Waals surface area (Å²) >= 11 is 0. The number of hydrogen-bond donors (Lipinski definition) is 0. The third-order valence-corrected chi connectivity index (χ3v) is 10.0. The van der Waals surface area contributed by atoms with E-state index in [0.717, 1.165) is 63.7 Å². The van der Waals surface area contributed by atoms with Gasteiger partial charge in [-0.25, -0.2) is 0 Å². The minimum Gasteiger partial charge on any atom is -0.462 e. The Morgan fingerprint density at radius 3 is 0.961 bits per heavy atom. The van der Waals surface area contributed by atoms with Gasteiger partial charge in [-0.2, -0.15) is 0 Å². The van der Waals surface area contributed by atoms with Gasteiger partial charge in [0.2, 0.25) is 0 Å². The number of unbranched alkanes of at least 4 members (excludes halogenated alkanes) is 27. The number of ether oxygens (including phenoxy) is 3. The maximum Gasteiger partial charge on any atom is 0.306 e. The van der Waals surface area contributed by atoms with Crippen molar-refractivity contribution in [2.45, 2.75) is 252 Å². The average Bonchev–Trinajstić information content (AvgIpc) is 3.11. The van der Waals surface area contributed by atoms with E-state index in [2.05, 4.69) is 27.7 Å². The van der Waals surface area contributed by atoms with E-state index in [1.54, 1.807) is 0 Å². The molecule has 0 heterocycles. The quantitative estimate of drug-likeness (QED) is 0.0356. The molecule has 0 amide bonds. The van der Waals surface area contributed by atoms with Crippen molar-refractivity contribution < 1.29 is 28.6 Å². The van der Waals surface area contributed by atoms with Crippen LogP contribution in [0.3, 0.4) is 0 Å². The summed E-state index contributed by atoms with van der Waals surface area (Å²) in [5.41, 5.74) is 0. The third kappa shape index (κ3) is 39.5. The van der Waals surface area contributed by atoms with Crippen LogP contribution in [0.2, 0.25) is 0 Å². The number of carbonyl (C=O) groups is 3. The van der Waals surface area contributed by atoms with Crippen molar-refractivity contribution in [1.82, 2.24) is 0 Å². The molecule has 0 aromatic heterocycles.